The maximum atomic E-state index is 14.6. The smallest absolute Gasteiger partial charge is 0.436 e. The monoisotopic (exact) mass is 457 g/mol. The van der Waals surface area contributed by atoms with E-state index in [1.807, 2.05) is 0 Å². The molecule has 1 aromatic carbocycles. The van der Waals surface area contributed by atoms with Gasteiger partial charge in [0.15, 0.2) is 6.17 Å². The van der Waals surface area contributed by atoms with Crippen molar-refractivity contribution in [1.82, 2.24) is 5.06 Å². The molecule has 0 aromatic heterocycles. The van der Waals surface area contributed by atoms with E-state index in [9.17, 15) is 27.9 Å². The number of hydrogen-bond acceptors (Lipinski definition) is 6. The van der Waals surface area contributed by atoms with Crippen LogP contribution in [0.4, 0.5) is 18.0 Å². The molecule has 3 atom stereocenters. The summed E-state index contributed by atoms with van der Waals surface area (Å²) in [5, 5.41) is 17.4. The summed E-state index contributed by atoms with van der Waals surface area (Å²) in [6.45, 7) is 5.29. The Morgan fingerprint density at radius 1 is 1.19 bits per heavy atom. The molecule has 1 fully saturated rings. The lowest BCUT2D eigenvalue weighted by Gasteiger charge is -2.43. The molecule has 0 bridgehead atoms. The number of carbonyl (C=O) groups is 2. The number of carbonyl (C=O) groups excluding carboxylic acids is 1. The molecular weight excluding hydrogens is 431 g/mol. The van der Waals surface area contributed by atoms with Gasteiger partial charge in [-0.1, -0.05) is 30.3 Å². The van der Waals surface area contributed by atoms with Crippen molar-refractivity contribution in [2.24, 2.45) is 21.1 Å². The highest BCUT2D eigenvalue weighted by atomic mass is 19.4. The van der Waals surface area contributed by atoms with E-state index in [2.05, 4.69) is 10.2 Å². The van der Waals surface area contributed by atoms with Gasteiger partial charge in [0.2, 0.25) is 0 Å². The van der Waals surface area contributed by atoms with Crippen LogP contribution in [0.15, 0.2) is 40.6 Å². The van der Waals surface area contributed by atoms with E-state index in [1.54, 1.807) is 58.0 Å². The summed E-state index contributed by atoms with van der Waals surface area (Å²) in [6.07, 6.45) is -9.57. The topological polar surface area (TPSA) is 101 Å². The quantitative estimate of drug-likeness (QED) is 0.598. The molecule has 1 aliphatic carbocycles. The molecule has 1 N–H and O–H groups in total. The summed E-state index contributed by atoms with van der Waals surface area (Å²) in [4.78, 5) is 30.7. The number of rotatable bonds is 6. The molecule has 0 radical (unpaired) electrons. The van der Waals surface area contributed by atoms with Gasteiger partial charge in [0.1, 0.15) is 17.1 Å². The minimum atomic E-state index is -5.03. The molecule has 176 valence electrons. The summed E-state index contributed by atoms with van der Waals surface area (Å²) < 4.78 is 49.0. The maximum absolute atomic E-state index is 14.6. The first-order chi connectivity index (χ1) is 14.8. The zero-order valence-corrected chi connectivity index (χ0v) is 18.2. The number of azo groups is 1. The zero-order valence-electron chi connectivity index (χ0n) is 18.2. The molecular formula is C21H26F3N3O5. The fourth-order valence-electron chi connectivity index (χ4n) is 4.00. The van der Waals surface area contributed by atoms with Crippen LogP contribution >= 0.6 is 0 Å². The van der Waals surface area contributed by atoms with Crippen molar-refractivity contribution in [2.45, 2.75) is 64.6 Å². The van der Waals surface area contributed by atoms with Gasteiger partial charge in [-0.05, 0) is 46.1 Å². The SMILES string of the molecule is CC(ON(C(=O)OC(C)(C)C)C1N=NCC1(C(F)(F)F)C1(C(=O)O)CC1)c1ccccc1. The van der Waals surface area contributed by atoms with Crippen LogP contribution in [-0.2, 0) is 14.4 Å². The van der Waals surface area contributed by atoms with Crippen LogP contribution in [0, 0.1) is 10.8 Å². The molecule has 32 heavy (non-hydrogen) atoms. The molecule has 0 saturated heterocycles. The minimum absolute atomic E-state index is 0.209. The Hall–Kier alpha value is -2.69. The van der Waals surface area contributed by atoms with E-state index >= 15 is 0 Å². The Morgan fingerprint density at radius 2 is 1.78 bits per heavy atom. The van der Waals surface area contributed by atoms with Crippen LogP contribution in [0.3, 0.4) is 0 Å². The number of amides is 1. The summed E-state index contributed by atoms with van der Waals surface area (Å²) >= 11 is 0. The molecule has 1 aromatic rings. The lowest BCUT2D eigenvalue weighted by Crippen LogP contribution is -2.62. The number of halogens is 3. The molecule has 1 heterocycles. The van der Waals surface area contributed by atoms with Gasteiger partial charge in [-0.15, -0.1) is 0 Å². The number of nitrogens with zero attached hydrogens (tertiary/aromatic N) is 3. The number of carboxylic acid groups (broad SMARTS) is 1. The Morgan fingerprint density at radius 3 is 2.25 bits per heavy atom. The predicted molar refractivity (Wildman–Crippen MR) is 105 cm³/mol. The van der Waals surface area contributed by atoms with Gasteiger partial charge in [-0.3, -0.25) is 9.63 Å². The second-order valence-electron chi connectivity index (χ2n) is 9.11. The van der Waals surface area contributed by atoms with E-state index in [0.717, 1.165) is 0 Å². The maximum Gasteiger partial charge on any atom is 0.436 e. The minimum Gasteiger partial charge on any atom is -0.481 e. The van der Waals surface area contributed by atoms with Crippen molar-refractivity contribution >= 4 is 12.1 Å². The van der Waals surface area contributed by atoms with Crippen molar-refractivity contribution in [2.75, 3.05) is 6.54 Å². The van der Waals surface area contributed by atoms with Gasteiger partial charge in [-0.2, -0.15) is 28.5 Å². The number of hydroxylamine groups is 2. The molecule has 1 saturated carbocycles. The fraction of sp³-hybridized carbons (Fsp3) is 0.619. The number of aliphatic carboxylic acids is 1. The summed E-state index contributed by atoms with van der Waals surface area (Å²) in [5.74, 6) is -1.60. The number of carboxylic acids is 1. The average molecular weight is 457 g/mol. The molecule has 0 spiro atoms. The Labute approximate surface area is 183 Å². The molecule has 3 rings (SSSR count). The summed E-state index contributed by atoms with van der Waals surface area (Å²) in [6, 6.07) is 8.55. The Bertz CT molecular complexity index is 896. The van der Waals surface area contributed by atoms with Crippen molar-refractivity contribution in [3.63, 3.8) is 0 Å². The van der Waals surface area contributed by atoms with Gasteiger partial charge in [-0.25, -0.2) is 4.79 Å². The van der Waals surface area contributed by atoms with Gasteiger partial charge in [0.25, 0.3) is 0 Å². The van der Waals surface area contributed by atoms with Crippen LogP contribution < -0.4 is 0 Å². The predicted octanol–water partition coefficient (Wildman–Crippen LogP) is 5.12. The van der Waals surface area contributed by atoms with Gasteiger partial charge >= 0.3 is 18.2 Å². The van der Waals surface area contributed by atoms with E-state index in [1.165, 1.54) is 0 Å². The number of hydrogen-bond donors (Lipinski definition) is 1. The third-order valence-corrected chi connectivity index (χ3v) is 5.81. The van der Waals surface area contributed by atoms with Crippen LogP contribution in [0.2, 0.25) is 0 Å². The lowest BCUT2D eigenvalue weighted by molar-refractivity contribution is -0.296. The van der Waals surface area contributed by atoms with E-state index < -0.39 is 53.5 Å². The van der Waals surface area contributed by atoms with E-state index in [-0.39, 0.29) is 12.8 Å². The lowest BCUT2D eigenvalue weighted by atomic mass is 9.69. The molecule has 8 nitrogen and oxygen atoms in total. The van der Waals surface area contributed by atoms with Gasteiger partial charge in [0.05, 0.1) is 12.0 Å². The summed E-state index contributed by atoms with van der Waals surface area (Å²) in [5.41, 5.74) is -5.55. The van der Waals surface area contributed by atoms with Crippen LogP contribution in [0.25, 0.3) is 0 Å². The molecule has 1 aliphatic heterocycles. The average Bonchev–Trinajstić information content (AvgIpc) is 3.37. The highest BCUT2D eigenvalue weighted by Crippen LogP contribution is 2.68. The van der Waals surface area contributed by atoms with Crippen molar-refractivity contribution in [3.05, 3.63) is 35.9 Å². The third kappa shape index (κ3) is 4.05. The zero-order chi connectivity index (χ0) is 23.9. The molecule has 3 unspecified atom stereocenters. The highest BCUT2D eigenvalue weighted by Gasteiger charge is 2.81. The Balaban J connectivity index is 2.06. The first-order valence-corrected chi connectivity index (χ1v) is 10.2. The second-order valence-corrected chi connectivity index (χ2v) is 9.11. The van der Waals surface area contributed by atoms with Crippen molar-refractivity contribution in [1.29, 1.82) is 0 Å². The molecule has 1 amide bonds. The highest BCUT2D eigenvalue weighted by molar-refractivity contribution is 5.80. The first kappa shape index (κ1) is 24.0. The van der Waals surface area contributed by atoms with Crippen LogP contribution in [0.1, 0.15) is 52.2 Å². The van der Waals surface area contributed by atoms with Crippen molar-refractivity contribution < 1.29 is 37.4 Å². The normalized spacial score (nSPS) is 25.3. The van der Waals surface area contributed by atoms with Gasteiger partial charge < -0.3 is 9.84 Å². The molecule has 11 heteroatoms. The molecule has 2 aliphatic rings. The van der Waals surface area contributed by atoms with Gasteiger partial charge in [0, 0.05) is 0 Å². The largest absolute Gasteiger partial charge is 0.481 e. The third-order valence-electron chi connectivity index (χ3n) is 5.81. The Kier molecular flexibility index (Phi) is 6.01. The van der Waals surface area contributed by atoms with Crippen LogP contribution in [0.5, 0.6) is 0 Å². The van der Waals surface area contributed by atoms with Crippen molar-refractivity contribution in [3.8, 4) is 0 Å². The van der Waals surface area contributed by atoms with Crippen LogP contribution in [-0.4, -0.2) is 46.7 Å². The number of ether oxygens (including phenoxy) is 1. The summed E-state index contributed by atoms with van der Waals surface area (Å²) in [7, 11) is 0. The van der Waals surface area contributed by atoms with E-state index in [0.29, 0.717) is 10.6 Å². The number of benzene rings is 1. The standard InChI is InChI=1S/C21H26F3N3O5/c1-13(14-8-6-5-7-9-14)32-27(17(30)31-18(2,3)4)15-20(12-25-26-15,21(22,23)24)19(10-11-19)16(28)29/h5-9,13,15H,10-12H2,1-4H3,(H,28,29). The van der Waals surface area contributed by atoms with E-state index in [4.69, 9.17) is 9.57 Å². The second kappa shape index (κ2) is 8.02. The first-order valence-electron chi connectivity index (χ1n) is 10.2. The fourth-order valence-corrected chi connectivity index (χ4v) is 4.00. The number of alkyl halides is 3.